The zero-order valence-electron chi connectivity index (χ0n) is 13.9. The number of aromatic nitrogens is 1. The van der Waals surface area contributed by atoms with Crippen LogP contribution in [0.3, 0.4) is 0 Å². The van der Waals surface area contributed by atoms with E-state index in [0.717, 1.165) is 0 Å². The van der Waals surface area contributed by atoms with Gasteiger partial charge in [0.1, 0.15) is 0 Å². The van der Waals surface area contributed by atoms with Gasteiger partial charge in [-0.25, -0.2) is 0 Å². The van der Waals surface area contributed by atoms with E-state index < -0.39 is 5.60 Å². The third-order valence-electron chi connectivity index (χ3n) is 4.49. The summed E-state index contributed by atoms with van der Waals surface area (Å²) in [5.74, 6) is 0.0831. The summed E-state index contributed by atoms with van der Waals surface area (Å²) in [6.45, 7) is 5.94. The molecule has 4 heteroatoms. The molecule has 120 valence electrons. The third kappa shape index (κ3) is 3.69. The predicted octanol–water partition coefficient (Wildman–Crippen LogP) is 2.63. The number of fused-ring (bicyclic) bond motifs is 1. The lowest BCUT2D eigenvalue weighted by molar-refractivity contribution is -0.122. The minimum atomic E-state index is -0.866. The Bertz CT molecular complexity index is 656. The molecule has 0 radical (unpaired) electrons. The van der Waals surface area contributed by atoms with E-state index in [9.17, 15) is 9.90 Å². The van der Waals surface area contributed by atoms with Crippen LogP contribution in [0.15, 0.2) is 30.5 Å². The standard InChI is InChI=1S/C18H26N2O2/c1-13(2)18(3,22)12-19-17(21)10-9-14-11-20(4)16-8-6-5-7-15(14)16/h5-8,11,13,22H,9-10,12H2,1-4H3,(H,19,21). The number of aliphatic hydroxyl groups is 1. The minimum Gasteiger partial charge on any atom is -0.388 e. The quantitative estimate of drug-likeness (QED) is 0.862. The van der Waals surface area contributed by atoms with Crippen molar-refractivity contribution in [3.05, 3.63) is 36.0 Å². The van der Waals surface area contributed by atoms with Gasteiger partial charge in [-0.2, -0.15) is 0 Å². The number of hydrogen-bond acceptors (Lipinski definition) is 2. The third-order valence-corrected chi connectivity index (χ3v) is 4.49. The Morgan fingerprint density at radius 1 is 1.36 bits per heavy atom. The molecule has 1 aromatic heterocycles. The zero-order valence-corrected chi connectivity index (χ0v) is 13.9. The fourth-order valence-corrected chi connectivity index (χ4v) is 2.44. The smallest absolute Gasteiger partial charge is 0.220 e. The Hall–Kier alpha value is -1.81. The van der Waals surface area contributed by atoms with Gasteiger partial charge >= 0.3 is 0 Å². The van der Waals surface area contributed by atoms with Gasteiger partial charge in [-0.15, -0.1) is 0 Å². The van der Waals surface area contributed by atoms with E-state index in [-0.39, 0.29) is 11.8 Å². The van der Waals surface area contributed by atoms with Crippen LogP contribution in [0.2, 0.25) is 0 Å². The second-order valence-corrected chi connectivity index (χ2v) is 6.57. The van der Waals surface area contributed by atoms with E-state index in [4.69, 9.17) is 0 Å². The predicted molar refractivity (Wildman–Crippen MR) is 89.7 cm³/mol. The highest BCUT2D eigenvalue weighted by atomic mass is 16.3. The van der Waals surface area contributed by atoms with E-state index in [0.29, 0.717) is 19.4 Å². The molecule has 0 spiro atoms. The van der Waals surface area contributed by atoms with Gasteiger partial charge in [0.15, 0.2) is 0 Å². The van der Waals surface area contributed by atoms with Crippen molar-refractivity contribution < 1.29 is 9.90 Å². The van der Waals surface area contributed by atoms with E-state index >= 15 is 0 Å². The summed E-state index contributed by atoms with van der Waals surface area (Å²) in [4.78, 5) is 12.0. The minimum absolute atomic E-state index is 0.0196. The summed E-state index contributed by atoms with van der Waals surface area (Å²) in [5.41, 5.74) is 1.50. The summed E-state index contributed by atoms with van der Waals surface area (Å²) in [7, 11) is 2.02. The fraction of sp³-hybridized carbons (Fsp3) is 0.500. The summed E-state index contributed by atoms with van der Waals surface area (Å²) in [6, 6.07) is 8.21. The maximum atomic E-state index is 12.0. The molecular formula is C18H26N2O2. The monoisotopic (exact) mass is 302 g/mol. The Morgan fingerprint density at radius 2 is 2.05 bits per heavy atom. The van der Waals surface area contributed by atoms with Crippen LogP contribution in [0, 0.1) is 5.92 Å². The number of nitrogens with zero attached hydrogens (tertiary/aromatic N) is 1. The van der Waals surface area contributed by atoms with Crippen LogP contribution >= 0.6 is 0 Å². The molecule has 22 heavy (non-hydrogen) atoms. The van der Waals surface area contributed by atoms with Crippen LogP contribution in [0.1, 0.15) is 32.8 Å². The number of aryl methyl sites for hydroxylation is 2. The molecule has 0 bridgehead atoms. The number of rotatable bonds is 6. The van der Waals surface area contributed by atoms with E-state index in [1.807, 2.05) is 33.0 Å². The molecule has 1 unspecified atom stereocenters. The molecule has 1 heterocycles. The van der Waals surface area contributed by atoms with Gasteiger partial charge in [0, 0.05) is 37.1 Å². The van der Waals surface area contributed by atoms with Gasteiger partial charge in [0.2, 0.25) is 5.91 Å². The Kier molecular flexibility index (Phi) is 4.91. The van der Waals surface area contributed by atoms with Crippen LogP contribution in [-0.4, -0.2) is 27.7 Å². The van der Waals surface area contributed by atoms with E-state index in [1.54, 1.807) is 6.92 Å². The number of nitrogens with one attached hydrogen (secondary N) is 1. The second-order valence-electron chi connectivity index (χ2n) is 6.57. The van der Waals surface area contributed by atoms with Gasteiger partial charge in [-0.3, -0.25) is 4.79 Å². The van der Waals surface area contributed by atoms with Crippen LogP contribution in [0.25, 0.3) is 10.9 Å². The average molecular weight is 302 g/mol. The first kappa shape index (κ1) is 16.6. The molecule has 0 saturated heterocycles. The second kappa shape index (κ2) is 6.53. The molecular weight excluding hydrogens is 276 g/mol. The fourth-order valence-electron chi connectivity index (χ4n) is 2.44. The maximum absolute atomic E-state index is 12.0. The molecule has 0 aliphatic carbocycles. The molecule has 1 aromatic carbocycles. The molecule has 0 fully saturated rings. The van der Waals surface area contributed by atoms with Crippen molar-refractivity contribution in [2.75, 3.05) is 6.54 Å². The first-order valence-corrected chi connectivity index (χ1v) is 7.83. The molecule has 0 aliphatic heterocycles. The molecule has 4 nitrogen and oxygen atoms in total. The lowest BCUT2D eigenvalue weighted by atomic mass is 9.92. The highest BCUT2D eigenvalue weighted by molar-refractivity contribution is 5.84. The molecule has 2 rings (SSSR count). The van der Waals surface area contributed by atoms with E-state index in [2.05, 4.69) is 28.2 Å². The van der Waals surface area contributed by atoms with Crippen molar-refractivity contribution in [3.8, 4) is 0 Å². The molecule has 0 saturated carbocycles. The van der Waals surface area contributed by atoms with Gasteiger partial charge in [-0.05, 0) is 30.9 Å². The number of amides is 1. The summed E-state index contributed by atoms with van der Waals surface area (Å²) >= 11 is 0. The first-order valence-electron chi connectivity index (χ1n) is 7.83. The van der Waals surface area contributed by atoms with Gasteiger partial charge in [0.25, 0.3) is 0 Å². The Morgan fingerprint density at radius 3 is 2.73 bits per heavy atom. The Labute approximate surface area is 132 Å². The van der Waals surface area contributed by atoms with E-state index in [1.165, 1.54) is 16.5 Å². The van der Waals surface area contributed by atoms with Gasteiger partial charge in [-0.1, -0.05) is 32.0 Å². The number of carbonyl (C=O) groups is 1. The van der Waals surface area contributed by atoms with Crippen molar-refractivity contribution in [3.63, 3.8) is 0 Å². The van der Waals surface area contributed by atoms with Crippen LogP contribution in [-0.2, 0) is 18.3 Å². The van der Waals surface area contributed by atoms with Crippen molar-refractivity contribution in [1.82, 2.24) is 9.88 Å². The highest BCUT2D eigenvalue weighted by Crippen LogP contribution is 2.21. The average Bonchev–Trinajstić information content (AvgIpc) is 2.80. The van der Waals surface area contributed by atoms with Crippen molar-refractivity contribution >= 4 is 16.8 Å². The zero-order chi connectivity index (χ0) is 16.3. The number of benzene rings is 1. The van der Waals surface area contributed by atoms with Gasteiger partial charge < -0.3 is 15.0 Å². The summed E-state index contributed by atoms with van der Waals surface area (Å²) < 4.78 is 2.09. The largest absolute Gasteiger partial charge is 0.388 e. The van der Waals surface area contributed by atoms with Crippen molar-refractivity contribution in [2.45, 2.75) is 39.2 Å². The summed E-state index contributed by atoms with van der Waals surface area (Å²) in [5, 5.41) is 14.2. The van der Waals surface area contributed by atoms with Crippen LogP contribution in [0.5, 0.6) is 0 Å². The van der Waals surface area contributed by atoms with Gasteiger partial charge in [0.05, 0.1) is 5.60 Å². The number of para-hydroxylation sites is 1. The SMILES string of the molecule is CC(C)C(C)(O)CNC(=O)CCc1cn(C)c2ccccc12. The summed E-state index contributed by atoms with van der Waals surface area (Å²) in [6.07, 6.45) is 3.22. The molecule has 0 aliphatic rings. The highest BCUT2D eigenvalue weighted by Gasteiger charge is 2.25. The number of hydrogen-bond donors (Lipinski definition) is 2. The first-order chi connectivity index (χ1) is 10.3. The molecule has 1 atom stereocenters. The number of carbonyl (C=O) groups excluding carboxylic acids is 1. The Balaban J connectivity index is 1.93. The van der Waals surface area contributed by atoms with Crippen LogP contribution in [0.4, 0.5) is 0 Å². The van der Waals surface area contributed by atoms with Crippen molar-refractivity contribution in [1.29, 1.82) is 0 Å². The lowest BCUT2D eigenvalue weighted by Crippen LogP contribution is -2.44. The molecule has 2 aromatic rings. The molecule has 1 amide bonds. The topological polar surface area (TPSA) is 54.3 Å². The van der Waals surface area contributed by atoms with Crippen LogP contribution < -0.4 is 5.32 Å². The normalized spacial score (nSPS) is 14.3. The van der Waals surface area contributed by atoms with Crippen molar-refractivity contribution in [2.24, 2.45) is 13.0 Å². The lowest BCUT2D eigenvalue weighted by Gasteiger charge is -2.27. The maximum Gasteiger partial charge on any atom is 0.220 e. The molecule has 2 N–H and O–H groups in total.